The molecule has 1 saturated heterocycles. The van der Waals surface area contributed by atoms with Crippen molar-refractivity contribution in [2.24, 2.45) is 5.92 Å². The summed E-state index contributed by atoms with van der Waals surface area (Å²) in [6.45, 7) is 13.2. The van der Waals surface area contributed by atoms with Crippen molar-refractivity contribution in [1.29, 1.82) is 0 Å². The van der Waals surface area contributed by atoms with E-state index in [1.54, 1.807) is 30.6 Å². The van der Waals surface area contributed by atoms with Crippen molar-refractivity contribution in [2.75, 3.05) is 6.61 Å². The third-order valence-corrected chi connectivity index (χ3v) is 6.76. The van der Waals surface area contributed by atoms with Crippen LogP contribution in [0.3, 0.4) is 0 Å². The number of carbonyl (C=O) groups excluding carboxylic acids is 2. The number of hydrogen-bond donors (Lipinski definition) is 0. The summed E-state index contributed by atoms with van der Waals surface area (Å²) in [6, 6.07) is 16.0. The largest absolute Gasteiger partial charge is 0.872 e. The third-order valence-electron chi connectivity index (χ3n) is 6.76. The van der Waals surface area contributed by atoms with Gasteiger partial charge in [0.2, 0.25) is 5.78 Å². The molecule has 1 atom stereocenters. The Labute approximate surface area is 225 Å². The molecule has 38 heavy (non-hydrogen) atoms. The number of nitrogens with one attached hydrogen (secondary N) is 1. The Morgan fingerprint density at radius 3 is 2.37 bits per heavy atom. The molecular weight excluding hydrogens is 476 g/mol. The van der Waals surface area contributed by atoms with Gasteiger partial charge in [0.1, 0.15) is 5.75 Å². The summed E-state index contributed by atoms with van der Waals surface area (Å²) in [6.07, 6.45) is 3.57. The van der Waals surface area contributed by atoms with Crippen LogP contribution in [0.15, 0.2) is 72.6 Å². The van der Waals surface area contributed by atoms with Gasteiger partial charge in [-0.15, -0.1) is 0 Å². The summed E-state index contributed by atoms with van der Waals surface area (Å²) < 4.78 is 5.86. The number of H-pyrrole nitrogens is 1. The molecule has 6 nitrogen and oxygen atoms in total. The van der Waals surface area contributed by atoms with Gasteiger partial charge in [0, 0.05) is 17.2 Å². The number of aromatic amines is 1. The molecule has 0 saturated carbocycles. The lowest BCUT2D eigenvalue weighted by atomic mass is 9.85. The summed E-state index contributed by atoms with van der Waals surface area (Å²) in [7, 11) is 0. The molecule has 0 aliphatic carbocycles. The van der Waals surface area contributed by atoms with Crippen LogP contribution < -0.4 is 14.8 Å². The zero-order valence-corrected chi connectivity index (χ0v) is 23.0. The van der Waals surface area contributed by atoms with Crippen LogP contribution in [0.1, 0.15) is 68.5 Å². The van der Waals surface area contributed by atoms with Crippen LogP contribution >= 0.6 is 0 Å². The second-order valence-corrected chi connectivity index (χ2v) is 11.4. The van der Waals surface area contributed by atoms with E-state index in [0.717, 1.165) is 22.3 Å². The Hall–Kier alpha value is -3.93. The Balaban J connectivity index is 1.80. The van der Waals surface area contributed by atoms with Crippen LogP contribution in [0.25, 0.3) is 5.76 Å². The Kier molecular flexibility index (Phi) is 7.72. The van der Waals surface area contributed by atoms with Crippen LogP contribution in [-0.2, 0) is 21.5 Å². The highest BCUT2D eigenvalue weighted by Gasteiger charge is 2.44. The number of Topliss-reactive ketones (excluding diaryl/α,β-unsaturated/α-hetero) is 1. The van der Waals surface area contributed by atoms with E-state index in [1.165, 1.54) is 4.90 Å². The van der Waals surface area contributed by atoms with Gasteiger partial charge in [-0.1, -0.05) is 70.7 Å². The highest BCUT2D eigenvalue weighted by molar-refractivity contribution is 6.46. The average Bonchev–Trinajstić information content (AvgIpc) is 3.12. The maximum Gasteiger partial charge on any atom is 0.295 e. The number of aryl methyl sites for hydroxylation is 1. The molecule has 1 amide bonds. The van der Waals surface area contributed by atoms with Gasteiger partial charge in [-0.05, 0) is 58.7 Å². The number of hydrogen-bond acceptors (Lipinski definition) is 4. The summed E-state index contributed by atoms with van der Waals surface area (Å²) in [5.41, 5.74) is 3.78. The number of rotatable bonds is 7. The molecule has 1 unspecified atom stereocenters. The van der Waals surface area contributed by atoms with Gasteiger partial charge in [0.05, 0.1) is 19.2 Å². The molecule has 6 heteroatoms. The van der Waals surface area contributed by atoms with E-state index in [-0.39, 0.29) is 17.5 Å². The molecule has 1 aliphatic rings. The van der Waals surface area contributed by atoms with E-state index in [0.29, 0.717) is 23.8 Å². The molecular formula is C32H36N2O4. The fourth-order valence-corrected chi connectivity index (χ4v) is 4.64. The first kappa shape index (κ1) is 27.1. The maximum absolute atomic E-state index is 13.9. The highest BCUT2D eigenvalue weighted by Crippen LogP contribution is 2.40. The van der Waals surface area contributed by atoms with Gasteiger partial charge in [0.25, 0.3) is 5.91 Å². The second kappa shape index (κ2) is 10.8. The minimum Gasteiger partial charge on any atom is -0.872 e. The summed E-state index contributed by atoms with van der Waals surface area (Å²) >= 11 is 0. The van der Waals surface area contributed by atoms with Gasteiger partial charge in [-0.3, -0.25) is 9.59 Å². The zero-order chi connectivity index (χ0) is 27.6. The van der Waals surface area contributed by atoms with Crippen molar-refractivity contribution < 1.29 is 24.4 Å². The number of pyridine rings is 1. The number of aromatic nitrogens is 1. The van der Waals surface area contributed by atoms with Gasteiger partial charge in [-0.2, -0.15) is 0 Å². The molecule has 0 spiro atoms. The Morgan fingerprint density at radius 2 is 1.79 bits per heavy atom. The molecule has 1 aromatic heterocycles. The summed E-state index contributed by atoms with van der Waals surface area (Å²) in [5, 5.41) is 13.9. The quantitative estimate of drug-likeness (QED) is 0.264. The topological polar surface area (TPSA) is 83.8 Å². The van der Waals surface area contributed by atoms with Crippen LogP contribution in [0, 0.1) is 12.8 Å². The van der Waals surface area contributed by atoms with Crippen LogP contribution in [-0.4, -0.2) is 23.2 Å². The first-order valence-electron chi connectivity index (χ1n) is 13.0. The molecule has 0 bridgehead atoms. The molecule has 1 aliphatic heterocycles. The molecule has 2 heterocycles. The minimum atomic E-state index is -0.783. The molecule has 0 radical (unpaired) electrons. The lowest BCUT2D eigenvalue weighted by Gasteiger charge is -2.28. The SMILES string of the molecule is Cc1cc(C([O-])=C2C(=O)C(=O)N(Cc3ccc[nH+]c3)C2c2ccc(C(C)(C)C)cc2)ccc1OCC(C)C. The molecule has 3 aromatic rings. The van der Waals surface area contributed by atoms with Crippen molar-refractivity contribution in [3.05, 3.63) is 100 Å². The van der Waals surface area contributed by atoms with Crippen molar-refractivity contribution in [2.45, 2.75) is 59.5 Å². The van der Waals surface area contributed by atoms with E-state index >= 15 is 0 Å². The number of carbonyl (C=O) groups is 2. The smallest absolute Gasteiger partial charge is 0.295 e. The number of nitrogens with zero attached hydrogens (tertiary/aromatic N) is 1. The van der Waals surface area contributed by atoms with Crippen molar-refractivity contribution >= 4 is 17.4 Å². The van der Waals surface area contributed by atoms with E-state index in [4.69, 9.17) is 4.74 Å². The second-order valence-electron chi connectivity index (χ2n) is 11.4. The normalized spacial score (nSPS) is 17.3. The number of likely N-dealkylation sites (tertiary alicyclic amines) is 1. The standard InChI is InChI=1S/C32H36N2O4/c1-20(2)19-38-26-14-11-24(16-21(26)3)29(35)27-28(23-9-12-25(13-10-23)32(4,5)6)34(31(37)30(27)36)18-22-8-7-15-33-17-22/h7-17,20,28,35H,18-19H2,1-6H3. The van der Waals surface area contributed by atoms with Crippen molar-refractivity contribution in [3.8, 4) is 5.75 Å². The summed E-state index contributed by atoms with van der Waals surface area (Å²) in [4.78, 5) is 31.2. The van der Waals surface area contributed by atoms with Gasteiger partial charge in [-0.25, -0.2) is 4.98 Å². The fourth-order valence-electron chi connectivity index (χ4n) is 4.64. The lowest BCUT2D eigenvalue weighted by Crippen LogP contribution is -2.29. The molecule has 4 rings (SSSR count). The van der Waals surface area contributed by atoms with Crippen LogP contribution in [0.4, 0.5) is 0 Å². The van der Waals surface area contributed by atoms with E-state index in [2.05, 4.69) is 39.6 Å². The zero-order valence-electron chi connectivity index (χ0n) is 23.0. The lowest BCUT2D eigenvalue weighted by molar-refractivity contribution is -0.378. The number of ether oxygens (including phenoxy) is 1. The first-order chi connectivity index (χ1) is 18.0. The minimum absolute atomic E-state index is 0.0198. The molecule has 2 aromatic carbocycles. The molecule has 198 valence electrons. The van der Waals surface area contributed by atoms with Crippen LogP contribution in [0.5, 0.6) is 5.75 Å². The predicted octanol–water partition coefficient (Wildman–Crippen LogP) is 4.57. The van der Waals surface area contributed by atoms with Gasteiger partial charge in [0.15, 0.2) is 12.4 Å². The third kappa shape index (κ3) is 5.64. The van der Waals surface area contributed by atoms with E-state index in [1.807, 2.05) is 43.3 Å². The van der Waals surface area contributed by atoms with Gasteiger partial charge >= 0.3 is 0 Å². The maximum atomic E-state index is 13.9. The fraction of sp³-hybridized carbons (Fsp3) is 0.344. The molecule has 1 N–H and O–H groups in total. The van der Waals surface area contributed by atoms with E-state index in [9.17, 15) is 14.7 Å². The van der Waals surface area contributed by atoms with Crippen LogP contribution in [0.2, 0.25) is 0 Å². The summed E-state index contributed by atoms with van der Waals surface area (Å²) in [5.74, 6) is -0.792. The first-order valence-corrected chi connectivity index (χ1v) is 13.0. The average molecular weight is 513 g/mol. The number of ketones is 1. The molecule has 1 fully saturated rings. The number of amides is 1. The monoisotopic (exact) mass is 512 g/mol. The number of benzene rings is 2. The Morgan fingerprint density at radius 1 is 1.08 bits per heavy atom. The van der Waals surface area contributed by atoms with E-state index < -0.39 is 23.5 Å². The predicted molar refractivity (Wildman–Crippen MR) is 145 cm³/mol. The Bertz CT molecular complexity index is 1350. The van der Waals surface area contributed by atoms with Gasteiger partial charge < -0.3 is 14.7 Å². The highest BCUT2D eigenvalue weighted by atomic mass is 16.5. The van der Waals surface area contributed by atoms with Crippen molar-refractivity contribution in [1.82, 2.24) is 4.90 Å². The van der Waals surface area contributed by atoms with Crippen molar-refractivity contribution in [3.63, 3.8) is 0 Å².